The number of nitrogen functional groups attached to an aromatic ring is 1. The van der Waals surface area contributed by atoms with Crippen molar-refractivity contribution in [2.24, 2.45) is 0 Å². The average molecular weight is 393 g/mol. The number of fused-ring (bicyclic) bond motifs is 1. The van der Waals surface area contributed by atoms with Crippen LogP contribution < -0.4 is 20.5 Å². The molecule has 156 valence electrons. The van der Waals surface area contributed by atoms with Gasteiger partial charge in [0.1, 0.15) is 0 Å². The number of nitrogens with zero attached hydrogens (tertiary/aromatic N) is 4. The second kappa shape index (κ2) is 9.88. The molecule has 0 radical (unpaired) electrons. The van der Waals surface area contributed by atoms with Gasteiger partial charge in [-0.25, -0.2) is 0 Å². The van der Waals surface area contributed by atoms with Crippen LogP contribution >= 0.6 is 0 Å². The van der Waals surface area contributed by atoms with E-state index < -0.39 is 0 Å². The van der Waals surface area contributed by atoms with Crippen molar-refractivity contribution in [3.05, 3.63) is 0 Å². The van der Waals surface area contributed by atoms with Crippen molar-refractivity contribution in [1.29, 1.82) is 0 Å². The Morgan fingerprint density at radius 2 is 2.21 bits per heavy atom. The van der Waals surface area contributed by atoms with Crippen LogP contribution in [0.1, 0.15) is 46.0 Å². The lowest BCUT2D eigenvalue weighted by atomic mass is 10.2. The van der Waals surface area contributed by atoms with Crippen LogP contribution in [0.25, 0.3) is 11.2 Å². The Kier molecular flexibility index (Phi) is 7.27. The highest BCUT2D eigenvalue weighted by Gasteiger charge is 2.19. The van der Waals surface area contributed by atoms with Crippen LogP contribution in [0, 0.1) is 0 Å². The summed E-state index contributed by atoms with van der Waals surface area (Å²) in [5.74, 6) is 0.303. The molecule has 2 aromatic rings. The van der Waals surface area contributed by atoms with Gasteiger partial charge >= 0.3 is 6.01 Å². The molecule has 1 fully saturated rings. The van der Waals surface area contributed by atoms with Crippen molar-refractivity contribution >= 4 is 17.0 Å². The molecule has 1 saturated heterocycles. The number of anilines is 1. The molecular formula is C19H32N6O3. The number of aromatic nitrogens is 4. The number of nitrogens with two attached hydrogens (primary N) is 1. The van der Waals surface area contributed by atoms with E-state index in [0.717, 1.165) is 51.8 Å². The minimum atomic E-state index is 0.0297. The Hall–Kier alpha value is -2.13. The zero-order valence-corrected chi connectivity index (χ0v) is 17.1. The molecule has 0 bridgehead atoms. The lowest BCUT2D eigenvalue weighted by Crippen LogP contribution is -2.27. The molecule has 2 aromatic heterocycles. The van der Waals surface area contributed by atoms with Crippen LogP contribution in [-0.4, -0.2) is 58.5 Å². The van der Waals surface area contributed by atoms with E-state index in [1.807, 2.05) is 11.5 Å². The lowest BCUT2D eigenvalue weighted by molar-refractivity contribution is 0.110. The number of hydrogen-bond donors (Lipinski definition) is 2. The summed E-state index contributed by atoms with van der Waals surface area (Å²) in [7, 11) is 1.59. The summed E-state index contributed by atoms with van der Waals surface area (Å²) in [6.07, 6.45) is 5.54. The fourth-order valence-corrected chi connectivity index (χ4v) is 3.47. The minimum Gasteiger partial charge on any atom is -0.468 e. The highest BCUT2D eigenvalue weighted by molar-refractivity contribution is 5.83. The molecular weight excluding hydrogens is 360 g/mol. The Morgan fingerprint density at radius 3 is 2.93 bits per heavy atom. The summed E-state index contributed by atoms with van der Waals surface area (Å²) in [5.41, 5.74) is 7.28. The summed E-state index contributed by atoms with van der Waals surface area (Å²) in [5, 5.41) is 3.46. The molecule has 9 heteroatoms. The van der Waals surface area contributed by atoms with Crippen molar-refractivity contribution in [1.82, 2.24) is 24.8 Å². The first kappa shape index (κ1) is 20.6. The first-order chi connectivity index (χ1) is 13.6. The molecule has 2 unspecified atom stereocenters. The number of nitrogens with one attached hydrogen (secondary N) is 1. The predicted molar refractivity (Wildman–Crippen MR) is 108 cm³/mol. The van der Waals surface area contributed by atoms with E-state index in [0.29, 0.717) is 35.6 Å². The molecule has 0 saturated carbocycles. The molecule has 2 atom stereocenters. The fourth-order valence-electron chi connectivity index (χ4n) is 3.47. The molecule has 9 nitrogen and oxygen atoms in total. The van der Waals surface area contributed by atoms with Gasteiger partial charge in [-0.2, -0.15) is 15.0 Å². The molecule has 1 aliphatic rings. The predicted octanol–water partition coefficient (Wildman–Crippen LogP) is 2.14. The van der Waals surface area contributed by atoms with E-state index in [1.165, 1.54) is 0 Å². The molecule has 1 aliphatic heterocycles. The molecule has 0 aliphatic carbocycles. The van der Waals surface area contributed by atoms with Crippen LogP contribution in [-0.2, 0) is 11.3 Å². The second-order valence-electron chi connectivity index (χ2n) is 7.22. The van der Waals surface area contributed by atoms with E-state index in [2.05, 4.69) is 27.2 Å². The molecule has 3 heterocycles. The first-order valence-electron chi connectivity index (χ1n) is 10.2. The molecule has 0 aromatic carbocycles. The summed E-state index contributed by atoms with van der Waals surface area (Å²) >= 11 is 0. The normalized spacial score (nSPS) is 17.9. The maximum Gasteiger partial charge on any atom is 0.320 e. The zero-order chi connectivity index (χ0) is 19.9. The van der Waals surface area contributed by atoms with E-state index in [1.54, 1.807) is 7.11 Å². The molecule has 0 spiro atoms. The van der Waals surface area contributed by atoms with Crippen LogP contribution in [0.15, 0.2) is 0 Å². The largest absolute Gasteiger partial charge is 0.468 e. The van der Waals surface area contributed by atoms with Crippen LogP contribution in [0.3, 0.4) is 0 Å². The van der Waals surface area contributed by atoms with Gasteiger partial charge in [0.15, 0.2) is 17.0 Å². The topological polar surface area (TPSA) is 109 Å². The van der Waals surface area contributed by atoms with E-state index in [4.69, 9.17) is 19.9 Å². The number of aryl methyl sites for hydroxylation is 1. The number of imidazole rings is 1. The Labute approximate surface area is 166 Å². The zero-order valence-electron chi connectivity index (χ0n) is 17.1. The number of rotatable bonds is 11. The maximum absolute atomic E-state index is 6.10. The Bertz CT molecular complexity index is 760. The molecule has 3 rings (SSSR count). The number of ether oxygens (including phenoxy) is 3. The van der Waals surface area contributed by atoms with E-state index in [-0.39, 0.29) is 12.1 Å². The molecule has 3 N–H and O–H groups in total. The van der Waals surface area contributed by atoms with Crippen molar-refractivity contribution in [3.63, 3.8) is 0 Å². The van der Waals surface area contributed by atoms with Gasteiger partial charge in [0.25, 0.3) is 6.01 Å². The molecule has 28 heavy (non-hydrogen) atoms. The van der Waals surface area contributed by atoms with Crippen LogP contribution in [0.2, 0.25) is 0 Å². The van der Waals surface area contributed by atoms with Crippen molar-refractivity contribution in [2.75, 3.05) is 32.5 Å². The van der Waals surface area contributed by atoms with Gasteiger partial charge in [-0.3, -0.25) is 4.57 Å². The number of hydrogen-bond acceptors (Lipinski definition) is 8. The summed E-state index contributed by atoms with van der Waals surface area (Å²) < 4.78 is 18.8. The van der Waals surface area contributed by atoms with Crippen LogP contribution in [0.5, 0.6) is 12.0 Å². The third-order valence-electron chi connectivity index (χ3n) is 4.88. The van der Waals surface area contributed by atoms with Crippen molar-refractivity contribution in [3.8, 4) is 12.0 Å². The van der Waals surface area contributed by atoms with E-state index in [9.17, 15) is 0 Å². The second-order valence-corrected chi connectivity index (χ2v) is 7.22. The van der Waals surface area contributed by atoms with E-state index >= 15 is 0 Å². The SMILES string of the molecule is CCCC(C)Oc1nc(N)c2nc(OC)n(CCCNCC3CCCO3)c2n1. The van der Waals surface area contributed by atoms with Gasteiger partial charge < -0.3 is 25.3 Å². The van der Waals surface area contributed by atoms with Gasteiger partial charge in [0, 0.05) is 19.7 Å². The Morgan fingerprint density at radius 1 is 1.36 bits per heavy atom. The van der Waals surface area contributed by atoms with Gasteiger partial charge in [0.2, 0.25) is 0 Å². The van der Waals surface area contributed by atoms with Crippen molar-refractivity contribution < 1.29 is 14.2 Å². The first-order valence-corrected chi connectivity index (χ1v) is 10.2. The third kappa shape index (κ3) is 5.02. The minimum absolute atomic E-state index is 0.0297. The summed E-state index contributed by atoms with van der Waals surface area (Å²) in [6.45, 7) is 7.48. The fraction of sp³-hybridized carbons (Fsp3) is 0.737. The average Bonchev–Trinajstić information content (AvgIpc) is 3.30. The highest BCUT2D eigenvalue weighted by atomic mass is 16.5. The van der Waals surface area contributed by atoms with Gasteiger partial charge in [-0.15, -0.1) is 0 Å². The standard InChI is InChI=1S/C19H32N6O3/c1-4-7-13(2)28-18-23-16(20)15-17(24-18)25(19(22-15)26-3)10-6-9-21-12-14-8-5-11-27-14/h13-14,21H,4-12H2,1-3H3,(H2,20,23,24). The van der Waals surface area contributed by atoms with Gasteiger partial charge in [-0.1, -0.05) is 13.3 Å². The van der Waals surface area contributed by atoms with Crippen LogP contribution in [0.4, 0.5) is 5.82 Å². The molecule has 0 amide bonds. The maximum atomic E-state index is 6.10. The highest BCUT2D eigenvalue weighted by Crippen LogP contribution is 2.26. The quantitative estimate of drug-likeness (QED) is 0.560. The van der Waals surface area contributed by atoms with Gasteiger partial charge in [-0.05, 0) is 39.2 Å². The summed E-state index contributed by atoms with van der Waals surface area (Å²) in [6, 6.07) is 0.764. The number of methoxy groups -OCH3 is 1. The summed E-state index contributed by atoms with van der Waals surface area (Å²) in [4.78, 5) is 13.3. The van der Waals surface area contributed by atoms with Crippen molar-refractivity contribution in [2.45, 2.75) is 64.7 Å². The van der Waals surface area contributed by atoms with Gasteiger partial charge in [0.05, 0.1) is 19.3 Å². The third-order valence-corrected chi connectivity index (χ3v) is 4.88. The lowest BCUT2D eigenvalue weighted by Gasteiger charge is -2.13. The Balaban J connectivity index is 1.67. The monoisotopic (exact) mass is 392 g/mol. The smallest absolute Gasteiger partial charge is 0.320 e.